The maximum atomic E-state index is 12.1. The molecule has 0 bridgehead atoms. The van der Waals surface area contributed by atoms with E-state index in [-0.39, 0.29) is 12.3 Å². The zero-order valence-electron chi connectivity index (χ0n) is 20.3. The third kappa shape index (κ3) is 8.35. The number of rotatable bonds is 12. The number of amides is 2. The van der Waals surface area contributed by atoms with Crippen LogP contribution in [0.25, 0.3) is 0 Å². The van der Waals surface area contributed by atoms with Crippen LogP contribution in [-0.2, 0) is 16.2 Å². The van der Waals surface area contributed by atoms with Gasteiger partial charge in [-0.05, 0) is 60.5 Å². The highest BCUT2D eigenvalue weighted by atomic mass is 16.6. The van der Waals surface area contributed by atoms with Crippen molar-refractivity contribution in [3.63, 3.8) is 0 Å². The predicted octanol–water partition coefficient (Wildman–Crippen LogP) is 4.06. The van der Waals surface area contributed by atoms with Crippen LogP contribution in [0.4, 0.5) is 11.4 Å². The molecule has 0 atom stereocenters. The van der Waals surface area contributed by atoms with Crippen LogP contribution in [-0.4, -0.2) is 36.7 Å². The van der Waals surface area contributed by atoms with E-state index in [0.29, 0.717) is 35.1 Å². The first-order valence-electron chi connectivity index (χ1n) is 11.3. The van der Waals surface area contributed by atoms with Gasteiger partial charge in [0, 0.05) is 23.9 Å². The summed E-state index contributed by atoms with van der Waals surface area (Å²) in [6.45, 7) is 2.42. The first kappa shape index (κ1) is 26.7. The molecule has 37 heavy (non-hydrogen) atoms. The van der Waals surface area contributed by atoms with Gasteiger partial charge in [0.25, 0.3) is 5.69 Å². The lowest BCUT2D eigenvalue weighted by Crippen LogP contribution is -2.24. The monoisotopic (exact) mass is 506 g/mol. The number of nitrogens with zero attached hydrogens (tertiary/aromatic N) is 2. The highest BCUT2D eigenvalue weighted by molar-refractivity contribution is 6.03. The third-order valence-electron chi connectivity index (χ3n) is 4.89. The summed E-state index contributed by atoms with van der Waals surface area (Å²) in [6, 6.07) is 18.0. The molecule has 0 aliphatic carbocycles. The largest absolute Gasteiger partial charge is 0.497 e. The average Bonchev–Trinajstić information content (AvgIpc) is 2.88. The molecule has 0 saturated carbocycles. The molecule has 2 amide bonds. The normalized spacial score (nSPS) is 10.5. The molecule has 2 N–H and O–H groups in total. The van der Waals surface area contributed by atoms with Crippen molar-refractivity contribution in [1.29, 1.82) is 0 Å². The molecule has 3 aromatic carbocycles. The summed E-state index contributed by atoms with van der Waals surface area (Å²) in [6.07, 6.45) is 1.01. The molecule has 3 aromatic rings. The van der Waals surface area contributed by atoms with E-state index < -0.39 is 23.2 Å². The van der Waals surface area contributed by atoms with Crippen molar-refractivity contribution in [2.75, 3.05) is 19.0 Å². The number of hydrogen-bond acceptors (Lipinski definition) is 8. The van der Waals surface area contributed by atoms with Crippen molar-refractivity contribution < 1.29 is 28.7 Å². The topological polar surface area (TPSA) is 141 Å². The van der Waals surface area contributed by atoms with Gasteiger partial charge in [0.2, 0.25) is 11.8 Å². The number of ether oxygens (including phenoxy) is 3. The molecule has 0 aromatic heterocycles. The Labute approximate surface area is 213 Å². The molecule has 11 heteroatoms. The maximum absolute atomic E-state index is 12.1. The van der Waals surface area contributed by atoms with Crippen LogP contribution in [0.1, 0.15) is 24.5 Å². The molecule has 0 radical (unpaired) electrons. The lowest BCUT2D eigenvalue weighted by Gasteiger charge is -2.12. The number of nitrogens with one attached hydrogen (secondary N) is 2. The molecule has 0 aliphatic heterocycles. The number of methoxy groups -OCH3 is 1. The first-order chi connectivity index (χ1) is 17.9. The number of carbonyl (C=O) groups excluding carboxylic acids is 2. The standard InChI is InChI=1S/C26H26N4O7/c1-3-36-24-13-19(9-12-23(24)37-17-18-7-10-21(11-8-18)30(33)34)16-27-29-26(32)15-25(31)28-20-5-4-6-22(14-20)35-2/h4-14,16H,3,15,17H2,1-2H3,(H,28,31)(H,29,32). The molecular formula is C26H26N4O7. The number of anilines is 1. The average molecular weight is 507 g/mol. The Morgan fingerprint density at radius 3 is 2.49 bits per heavy atom. The molecule has 0 saturated heterocycles. The maximum Gasteiger partial charge on any atom is 0.269 e. The third-order valence-corrected chi connectivity index (χ3v) is 4.89. The summed E-state index contributed by atoms with van der Waals surface area (Å²) in [5.41, 5.74) is 4.23. The molecule has 0 aliphatic rings. The second kappa shape index (κ2) is 13.2. The van der Waals surface area contributed by atoms with Crippen LogP contribution in [0.2, 0.25) is 0 Å². The van der Waals surface area contributed by atoms with Gasteiger partial charge in [-0.25, -0.2) is 5.43 Å². The Balaban J connectivity index is 1.54. The Hall–Kier alpha value is -4.93. The van der Waals surface area contributed by atoms with Gasteiger partial charge in [0.05, 0.1) is 24.9 Å². The highest BCUT2D eigenvalue weighted by Crippen LogP contribution is 2.29. The minimum Gasteiger partial charge on any atom is -0.497 e. The minimum absolute atomic E-state index is 0.00646. The molecule has 11 nitrogen and oxygen atoms in total. The van der Waals surface area contributed by atoms with Gasteiger partial charge in [0.1, 0.15) is 18.8 Å². The summed E-state index contributed by atoms with van der Waals surface area (Å²) in [4.78, 5) is 34.5. The first-order valence-corrected chi connectivity index (χ1v) is 11.3. The number of carbonyl (C=O) groups is 2. The van der Waals surface area contributed by atoms with Crippen molar-refractivity contribution in [2.24, 2.45) is 5.10 Å². The summed E-state index contributed by atoms with van der Waals surface area (Å²) >= 11 is 0. The Bertz CT molecular complexity index is 1280. The Kier molecular flexibility index (Phi) is 9.54. The van der Waals surface area contributed by atoms with Gasteiger partial charge in [-0.15, -0.1) is 0 Å². The van der Waals surface area contributed by atoms with Gasteiger partial charge in [-0.3, -0.25) is 19.7 Å². The van der Waals surface area contributed by atoms with E-state index in [4.69, 9.17) is 14.2 Å². The number of benzene rings is 3. The predicted molar refractivity (Wildman–Crippen MR) is 137 cm³/mol. The summed E-state index contributed by atoms with van der Waals surface area (Å²) in [5.74, 6) is 0.466. The van der Waals surface area contributed by atoms with Gasteiger partial charge in [-0.1, -0.05) is 6.07 Å². The molecule has 0 heterocycles. The summed E-state index contributed by atoms with van der Waals surface area (Å²) in [7, 11) is 1.52. The SMILES string of the molecule is CCOc1cc(C=NNC(=O)CC(=O)Nc2cccc(OC)c2)ccc1OCc1ccc([N+](=O)[O-])cc1. The number of nitro groups is 1. The zero-order valence-corrected chi connectivity index (χ0v) is 20.3. The highest BCUT2D eigenvalue weighted by Gasteiger charge is 2.11. The molecular weight excluding hydrogens is 480 g/mol. The number of hydrogen-bond donors (Lipinski definition) is 2. The lowest BCUT2D eigenvalue weighted by atomic mass is 10.2. The summed E-state index contributed by atoms with van der Waals surface area (Å²) in [5, 5.41) is 17.3. The van der Waals surface area contributed by atoms with Crippen LogP contribution in [0.15, 0.2) is 71.8 Å². The fraction of sp³-hybridized carbons (Fsp3) is 0.192. The van der Waals surface area contributed by atoms with Crippen LogP contribution >= 0.6 is 0 Å². The fourth-order valence-electron chi connectivity index (χ4n) is 3.14. The van der Waals surface area contributed by atoms with Crippen molar-refractivity contribution >= 4 is 29.4 Å². The second-order valence-electron chi connectivity index (χ2n) is 7.60. The summed E-state index contributed by atoms with van der Waals surface area (Å²) < 4.78 is 16.6. The van der Waals surface area contributed by atoms with E-state index >= 15 is 0 Å². The molecule has 0 fully saturated rings. The minimum atomic E-state index is -0.579. The number of hydrazone groups is 1. The van der Waals surface area contributed by atoms with Crippen molar-refractivity contribution in [3.05, 3.63) is 88.0 Å². The molecule has 192 valence electrons. The van der Waals surface area contributed by atoms with E-state index in [0.717, 1.165) is 5.56 Å². The lowest BCUT2D eigenvalue weighted by molar-refractivity contribution is -0.384. The fourth-order valence-corrected chi connectivity index (χ4v) is 3.14. The van der Waals surface area contributed by atoms with Gasteiger partial charge in [0.15, 0.2) is 11.5 Å². The Morgan fingerprint density at radius 1 is 1.00 bits per heavy atom. The smallest absolute Gasteiger partial charge is 0.269 e. The van der Waals surface area contributed by atoms with E-state index in [2.05, 4.69) is 15.8 Å². The van der Waals surface area contributed by atoms with Gasteiger partial charge < -0.3 is 19.5 Å². The molecule has 0 spiro atoms. The van der Waals surface area contributed by atoms with Crippen molar-refractivity contribution in [3.8, 4) is 17.2 Å². The van der Waals surface area contributed by atoms with E-state index in [1.165, 1.54) is 25.5 Å². The van der Waals surface area contributed by atoms with Crippen LogP contribution < -0.4 is 25.0 Å². The van der Waals surface area contributed by atoms with Crippen LogP contribution in [0.5, 0.6) is 17.2 Å². The number of nitro benzene ring substituents is 1. The van der Waals surface area contributed by atoms with Gasteiger partial charge >= 0.3 is 0 Å². The zero-order chi connectivity index (χ0) is 26.6. The van der Waals surface area contributed by atoms with Crippen molar-refractivity contribution in [2.45, 2.75) is 20.0 Å². The van der Waals surface area contributed by atoms with E-state index in [1.807, 2.05) is 6.92 Å². The number of non-ortho nitro benzene ring substituents is 1. The van der Waals surface area contributed by atoms with Crippen LogP contribution in [0.3, 0.4) is 0 Å². The van der Waals surface area contributed by atoms with E-state index in [1.54, 1.807) is 54.6 Å². The van der Waals surface area contributed by atoms with Gasteiger partial charge in [-0.2, -0.15) is 5.10 Å². The van der Waals surface area contributed by atoms with E-state index in [9.17, 15) is 19.7 Å². The molecule has 3 rings (SSSR count). The Morgan fingerprint density at radius 2 is 1.78 bits per heavy atom. The molecule has 0 unspecified atom stereocenters. The quantitative estimate of drug-likeness (QED) is 0.163. The second-order valence-corrected chi connectivity index (χ2v) is 7.60. The van der Waals surface area contributed by atoms with Crippen molar-refractivity contribution in [1.82, 2.24) is 5.43 Å². The van der Waals surface area contributed by atoms with Crippen LogP contribution in [0, 0.1) is 10.1 Å².